The number of nitrogens with zero attached hydrogens (tertiary/aromatic N) is 1. The predicted octanol–water partition coefficient (Wildman–Crippen LogP) is 1.27. The Hall–Kier alpha value is -1.30. The summed E-state index contributed by atoms with van der Waals surface area (Å²) < 4.78 is 22.2. The molecule has 5 heteroatoms. The maximum Gasteiger partial charge on any atom is 0.185 e. The van der Waals surface area contributed by atoms with Crippen molar-refractivity contribution in [3.8, 4) is 5.75 Å². The van der Waals surface area contributed by atoms with Gasteiger partial charge in [-0.2, -0.15) is 0 Å². The molecule has 5 nitrogen and oxygen atoms in total. The summed E-state index contributed by atoms with van der Waals surface area (Å²) >= 11 is 0. The first-order valence-electron chi connectivity index (χ1n) is 6.61. The van der Waals surface area contributed by atoms with E-state index in [0.29, 0.717) is 19.8 Å². The molecular weight excluding hydrogens is 246 g/mol. The molecule has 2 fully saturated rings. The molecule has 1 unspecified atom stereocenters. The van der Waals surface area contributed by atoms with Crippen LogP contribution in [0.3, 0.4) is 0 Å². The average molecular weight is 265 g/mol. The Morgan fingerprint density at radius 2 is 1.89 bits per heavy atom. The van der Waals surface area contributed by atoms with Crippen molar-refractivity contribution in [2.24, 2.45) is 0 Å². The number of anilines is 1. The van der Waals surface area contributed by atoms with Crippen LogP contribution < -0.4 is 9.64 Å². The van der Waals surface area contributed by atoms with Crippen molar-refractivity contribution < 1.29 is 18.9 Å². The van der Waals surface area contributed by atoms with Crippen LogP contribution in [0.2, 0.25) is 0 Å². The molecule has 1 aromatic rings. The van der Waals surface area contributed by atoms with Crippen LogP contribution in [-0.4, -0.2) is 52.4 Å². The summed E-state index contributed by atoms with van der Waals surface area (Å²) in [5, 5.41) is 0. The minimum absolute atomic E-state index is 0.0406. The van der Waals surface area contributed by atoms with Crippen molar-refractivity contribution in [3.63, 3.8) is 0 Å². The maximum absolute atomic E-state index is 5.75. The molecule has 0 aromatic heterocycles. The van der Waals surface area contributed by atoms with E-state index < -0.39 is 0 Å². The van der Waals surface area contributed by atoms with Gasteiger partial charge in [-0.1, -0.05) is 12.1 Å². The van der Waals surface area contributed by atoms with Crippen molar-refractivity contribution >= 4 is 5.69 Å². The van der Waals surface area contributed by atoms with Crippen LogP contribution in [0.1, 0.15) is 0 Å². The fraction of sp³-hybridized carbons (Fsp3) is 0.571. The van der Waals surface area contributed by atoms with Crippen LogP contribution >= 0.6 is 0 Å². The van der Waals surface area contributed by atoms with E-state index in [1.807, 2.05) is 18.2 Å². The summed E-state index contributed by atoms with van der Waals surface area (Å²) in [6.45, 7) is 3.58. The first-order valence-corrected chi connectivity index (χ1v) is 6.61. The monoisotopic (exact) mass is 265 g/mol. The molecule has 2 aliphatic rings. The van der Waals surface area contributed by atoms with Crippen LogP contribution in [0.15, 0.2) is 24.3 Å². The second-order valence-corrected chi connectivity index (χ2v) is 4.64. The number of para-hydroxylation sites is 2. The number of methoxy groups -OCH3 is 1. The molecule has 1 aromatic carbocycles. The quantitative estimate of drug-likeness (QED) is 0.823. The van der Waals surface area contributed by atoms with Crippen molar-refractivity contribution in [1.82, 2.24) is 0 Å². The smallest absolute Gasteiger partial charge is 0.185 e. The summed E-state index contributed by atoms with van der Waals surface area (Å²) in [6, 6.07) is 8.04. The Kier molecular flexibility index (Phi) is 3.87. The van der Waals surface area contributed by atoms with Gasteiger partial charge in [-0.05, 0) is 12.1 Å². The Balaban J connectivity index is 1.73. The topological polar surface area (TPSA) is 40.2 Å². The number of hydrogen-bond acceptors (Lipinski definition) is 5. The Morgan fingerprint density at radius 3 is 2.68 bits per heavy atom. The van der Waals surface area contributed by atoms with Crippen LogP contribution in [0.4, 0.5) is 5.69 Å². The van der Waals surface area contributed by atoms with Gasteiger partial charge in [0.25, 0.3) is 0 Å². The zero-order valence-corrected chi connectivity index (χ0v) is 11.1. The summed E-state index contributed by atoms with van der Waals surface area (Å²) in [5.74, 6) is 0.886. The van der Waals surface area contributed by atoms with Gasteiger partial charge in [-0.25, -0.2) is 0 Å². The first kappa shape index (κ1) is 12.7. The molecule has 2 aliphatic heterocycles. The zero-order chi connectivity index (χ0) is 13.1. The highest BCUT2D eigenvalue weighted by Crippen LogP contribution is 2.30. The van der Waals surface area contributed by atoms with E-state index in [2.05, 4.69) is 11.0 Å². The molecule has 0 radical (unpaired) electrons. The summed E-state index contributed by atoms with van der Waals surface area (Å²) in [4.78, 5) is 2.26. The molecule has 0 aliphatic carbocycles. The highest BCUT2D eigenvalue weighted by Gasteiger charge is 2.32. The SMILES string of the molecule is COc1ccccc1N1CCOC(C2OCCO2)C1. The second kappa shape index (κ2) is 5.77. The minimum Gasteiger partial charge on any atom is -0.495 e. The Bertz CT molecular complexity index is 420. The van der Waals surface area contributed by atoms with E-state index in [1.54, 1.807) is 7.11 Å². The van der Waals surface area contributed by atoms with Gasteiger partial charge in [-0.15, -0.1) is 0 Å². The fourth-order valence-electron chi connectivity index (χ4n) is 2.54. The van der Waals surface area contributed by atoms with Gasteiger partial charge < -0.3 is 23.8 Å². The van der Waals surface area contributed by atoms with E-state index in [9.17, 15) is 0 Å². The van der Waals surface area contributed by atoms with Gasteiger partial charge in [-0.3, -0.25) is 0 Å². The molecular formula is C14H19NO4. The number of benzene rings is 1. The average Bonchev–Trinajstić information content (AvgIpc) is 3.01. The van der Waals surface area contributed by atoms with Crippen molar-refractivity contribution in [3.05, 3.63) is 24.3 Å². The third-order valence-electron chi connectivity index (χ3n) is 3.47. The normalized spacial score (nSPS) is 24.7. The van der Waals surface area contributed by atoms with E-state index in [-0.39, 0.29) is 12.4 Å². The third kappa shape index (κ3) is 2.68. The molecule has 2 saturated heterocycles. The number of morpholine rings is 1. The van der Waals surface area contributed by atoms with Gasteiger partial charge in [0.05, 0.1) is 32.6 Å². The lowest BCUT2D eigenvalue weighted by Crippen LogP contribution is -2.48. The second-order valence-electron chi connectivity index (χ2n) is 4.64. The lowest BCUT2D eigenvalue weighted by Gasteiger charge is -2.36. The first-order chi connectivity index (χ1) is 9.38. The van der Waals surface area contributed by atoms with Crippen molar-refractivity contribution in [2.45, 2.75) is 12.4 Å². The standard InChI is InChI=1S/C14H19NO4/c1-16-12-5-3-2-4-11(12)15-6-7-17-13(10-15)14-18-8-9-19-14/h2-5,13-14H,6-10H2,1H3. The molecule has 0 saturated carbocycles. The molecule has 0 N–H and O–H groups in total. The summed E-state index contributed by atoms with van der Waals surface area (Å²) in [6.07, 6.45) is -0.279. The highest BCUT2D eigenvalue weighted by molar-refractivity contribution is 5.58. The Labute approximate surface area is 113 Å². The van der Waals surface area contributed by atoms with E-state index in [0.717, 1.165) is 24.5 Å². The number of hydrogen-bond donors (Lipinski definition) is 0. The number of ether oxygens (including phenoxy) is 4. The molecule has 0 spiro atoms. The van der Waals surface area contributed by atoms with Gasteiger partial charge in [0.15, 0.2) is 6.29 Å². The van der Waals surface area contributed by atoms with Crippen molar-refractivity contribution in [1.29, 1.82) is 0 Å². The van der Waals surface area contributed by atoms with Gasteiger partial charge in [0.1, 0.15) is 11.9 Å². The maximum atomic E-state index is 5.75. The number of rotatable bonds is 3. The van der Waals surface area contributed by atoms with Crippen molar-refractivity contribution in [2.75, 3.05) is 44.9 Å². The van der Waals surface area contributed by atoms with Crippen LogP contribution in [0.5, 0.6) is 5.75 Å². The largest absolute Gasteiger partial charge is 0.495 e. The van der Waals surface area contributed by atoms with E-state index in [4.69, 9.17) is 18.9 Å². The molecule has 0 amide bonds. The molecule has 0 bridgehead atoms. The van der Waals surface area contributed by atoms with Gasteiger partial charge in [0.2, 0.25) is 0 Å². The molecule has 1 atom stereocenters. The molecule has 3 rings (SSSR count). The van der Waals surface area contributed by atoms with Gasteiger partial charge >= 0.3 is 0 Å². The van der Waals surface area contributed by atoms with Crippen LogP contribution in [0, 0.1) is 0 Å². The fourth-order valence-corrected chi connectivity index (χ4v) is 2.54. The highest BCUT2D eigenvalue weighted by atomic mass is 16.7. The van der Waals surface area contributed by atoms with E-state index in [1.165, 1.54) is 0 Å². The predicted molar refractivity (Wildman–Crippen MR) is 70.6 cm³/mol. The van der Waals surface area contributed by atoms with Crippen LogP contribution in [0.25, 0.3) is 0 Å². The van der Waals surface area contributed by atoms with E-state index >= 15 is 0 Å². The summed E-state index contributed by atoms with van der Waals surface area (Å²) in [5.41, 5.74) is 1.09. The minimum atomic E-state index is -0.238. The van der Waals surface area contributed by atoms with Crippen LogP contribution in [-0.2, 0) is 14.2 Å². The molecule has 104 valence electrons. The summed E-state index contributed by atoms with van der Waals surface area (Å²) in [7, 11) is 1.69. The zero-order valence-electron chi connectivity index (χ0n) is 11.1. The Morgan fingerprint density at radius 1 is 1.11 bits per heavy atom. The molecule has 2 heterocycles. The van der Waals surface area contributed by atoms with Gasteiger partial charge in [0, 0.05) is 13.1 Å². The lowest BCUT2D eigenvalue weighted by molar-refractivity contribution is -0.146. The lowest BCUT2D eigenvalue weighted by atomic mass is 10.2. The third-order valence-corrected chi connectivity index (χ3v) is 3.47. The molecule has 19 heavy (non-hydrogen) atoms.